The molecule has 0 radical (unpaired) electrons. The van der Waals surface area contributed by atoms with E-state index in [1.54, 1.807) is 7.11 Å². The van der Waals surface area contributed by atoms with Crippen molar-refractivity contribution in [2.45, 2.75) is 12.8 Å². The highest BCUT2D eigenvalue weighted by atomic mass is 16.5. The zero-order valence-electron chi connectivity index (χ0n) is 14.3. The number of ether oxygens (including phenoxy) is 2. The molecule has 0 unspecified atom stereocenters. The summed E-state index contributed by atoms with van der Waals surface area (Å²) in [5.74, 6) is 0.441. The maximum atomic E-state index is 12.4. The highest BCUT2D eigenvalue weighted by molar-refractivity contribution is 5.99. The molecule has 0 amide bonds. The van der Waals surface area contributed by atoms with E-state index in [1.807, 2.05) is 30.3 Å². The summed E-state index contributed by atoms with van der Waals surface area (Å²) < 4.78 is 10.3. The molecule has 0 bridgehead atoms. The fourth-order valence-corrected chi connectivity index (χ4v) is 3.59. The molecule has 0 saturated carbocycles. The van der Waals surface area contributed by atoms with Crippen molar-refractivity contribution in [3.8, 4) is 28.1 Å². The molecule has 0 fully saturated rings. The van der Waals surface area contributed by atoms with Gasteiger partial charge >= 0.3 is 5.97 Å². The van der Waals surface area contributed by atoms with Crippen molar-refractivity contribution in [3.63, 3.8) is 0 Å². The topological polar surface area (TPSA) is 51.3 Å². The van der Waals surface area contributed by atoms with Crippen LogP contribution in [0.15, 0.2) is 48.5 Å². The lowest BCUT2D eigenvalue weighted by molar-refractivity contribution is 0.0596. The van der Waals surface area contributed by atoms with Gasteiger partial charge in [0.25, 0.3) is 0 Å². The van der Waals surface area contributed by atoms with E-state index in [-0.39, 0.29) is 5.97 Å². The maximum Gasteiger partial charge on any atom is 0.355 e. The summed E-state index contributed by atoms with van der Waals surface area (Å²) in [6.45, 7) is 0. The number of H-pyrrole nitrogens is 1. The molecular weight excluding hydrogens is 314 g/mol. The molecule has 0 atom stereocenters. The summed E-state index contributed by atoms with van der Waals surface area (Å²) in [6.07, 6.45) is 1.85. The Balaban J connectivity index is 1.94. The number of methoxy groups -OCH3 is 2. The van der Waals surface area contributed by atoms with Crippen LogP contribution < -0.4 is 4.74 Å². The standard InChI is InChI=1S/C21H19NO3/c1-24-15-10-7-14(8-11-15)18-17-12-9-13-5-3-4-6-16(13)19(17)22-20(18)21(23)25-2/h3-8,10-11,22H,9,12H2,1-2H3. The third kappa shape index (κ3) is 2.50. The van der Waals surface area contributed by atoms with Crippen LogP contribution in [-0.2, 0) is 17.6 Å². The number of carbonyl (C=O) groups is 1. The lowest BCUT2D eigenvalue weighted by atomic mass is 9.87. The van der Waals surface area contributed by atoms with Crippen LogP contribution in [-0.4, -0.2) is 25.2 Å². The van der Waals surface area contributed by atoms with Gasteiger partial charge in [0.1, 0.15) is 11.4 Å². The second-order valence-electron chi connectivity index (χ2n) is 6.11. The second kappa shape index (κ2) is 6.13. The first-order chi connectivity index (χ1) is 12.2. The van der Waals surface area contributed by atoms with Crippen LogP contribution in [0.5, 0.6) is 5.75 Å². The van der Waals surface area contributed by atoms with Crippen molar-refractivity contribution < 1.29 is 14.3 Å². The predicted molar refractivity (Wildman–Crippen MR) is 97.0 cm³/mol. The summed E-state index contributed by atoms with van der Waals surface area (Å²) >= 11 is 0. The van der Waals surface area contributed by atoms with Crippen LogP contribution in [0.3, 0.4) is 0 Å². The fourth-order valence-electron chi connectivity index (χ4n) is 3.59. The van der Waals surface area contributed by atoms with E-state index in [4.69, 9.17) is 9.47 Å². The molecule has 4 heteroatoms. The van der Waals surface area contributed by atoms with Gasteiger partial charge in [-0.3, -0.25) is 0 Å². The van der Waals surface area contributed by atoms with Gasteiger partial charge in [-0.2, -0.15) is 0 Å². The van der Waals surface area contributed by atoms with Crippen LogP contribution in [0.1, 0.15) is 21.6 Å². The molecule has 1 heterocycles. The summed E-state index contributed by atoms with van der Waals surface area (Å²) in [7, 11) is 3.05. The second-order valence-corrected chi connectivity index (χ2v) is 6.11. The number of carbonyl (C=O) groups excluding carboxylic acids is 1. The third-order valence-corrected chi connectivity index (χ3v) is 4.80. The number of fused-ring (bicyclic) bond motifs is 3. The van der Waals surface area contributed by atoms with Crippen LogP contribution in [0, 0.1) is 0 Å². The van der Waals surface area contributed by atoms with Crippen LogP contribution in [0.25, 0.3) is 22.4 Å². The summed E-state index contributed by atoms with van der Waals surface area (Å²) in [5, 5.41) is 0. The number of hydrogen-bond donors (Lipinski definition) is 1. The van der Waals surface area contributed by atoms with E-state index in [1.165, 1.54) is 18.2 Å². The van der Waals surface area contributed by atoms with Crippen molar-refractivity contribution in [1.29, 1.82) is 0 Å². The number of hydrogen-bond acceptors (Lipinski definition) is 3. The number of nitrogens with one attached hydrogen (secondary N) is 1. The van der Waals surface area contributed by atoms with Gasteiger partial charge < -0.3 is 14.5 Å². The quantitative estimate of drug-likeness (QED) is 0.729. The minimum atomic E-state index is -0.349. The molecule has 4 nitrogen and oxygen atoms in total. The number of rotatable bonds is 3. The lowest BCUT2D eigenvalue weighted by Gasteiger charge is -2.17. The molecule has 0 spiro atoms. The maximum absolute atomic E-state index is 12.4. The monoisotopic (exact) mass is 333 g/mol. The Bertz CT molecular complexity index is 938. The van der Waals surface area contributed by atoms with Gasteiger partial charge in [0.15, 0.2) is 0 Å². The first kappa shape index (κ1) is 15.5. The van der Waals surface area contributed by atoms with E-state index >= 15 is 0 Å². The molecule has 1 N–H and O–H groups in total. The Morgan fingerprint density at radius 2 is 1.76 bits per heavy atom. The first-order valence-corrected chi connectivity index (χ1v) is 8.28. The number of aryl methyl sites for hydroxylation is 1. The Morgan fingerprint density at radius 3 is 2.48 bits per heavy atom. The van der Waals surface area contributed by atoms with E-state index in [2.05, 4.69) is 23.2 Å². The molecule has 126 valence electrons. The normalized spacial score (nSPS) is 12.2. The molecule has 1 aliphatic carbocycles. The van der Waals surface area contributed by atoms with Crippen molar-refractivity contribution >= 4 is 5.97 Å². The van der Waals surface area contributed by atoms with Gasteiger partial charge in [0, 0.05) is 11.1 Å². The number of aromatic nitrogens is 1. The minimum Gasteiger partial charge on any atom is -0.497 e. The fraction of sp³-hybridized carbons (Fsp3) is 0.190. The third-order valence-electron chi connectivity index (χ3n) is 4.80. The summed E-state index contributed by atoms with van der Waals surface area (Å²) in [6, 6.07) is 16.1. The Hall–Kier alpha value is -3.01. The first-order valence-electron chi connectivity index (χ1n) is 8.28. The highest BCUT2D eigenvalue weighted by Crippen LogP contribution is 2.41. The largest absolute Gasteiger partial charge is 0.497 e. The zero-order chi connectivity index (χ0) is 17.4. The van der Waals surface area contributed by atoms with E-state index < -0.39 is 0 Å². The molecule has 0 aliphatic heterocycles. The smallest absolute Gasteiger partial charge is 0.355 e. The van der Waals surface area contributed by atoms with Gasteiger partial charge in [-0.15, -0.1) is 0 Å². The molecule has 3 aromatic rings. The van der Waals surface area contributed by atoms with Crippen LogP contribution in [0.2, 0.25) is 0 Å². The van der Waals surface area contributed by atoms with Crippen molar-refractivity contribution in [2.24, 2.45) is 0 Å². The van der Waals surface area contributed by atoms with Gasteiger partial charge in [-0.1, -0.05) is 36.4 Å². The average molecular weight is 333 g/mol. The van der Waals surface area contributed by atoms with Crippen molar-refractivity contribution in [2.75, 3.05) is 14.2 Å². The van der Waals surface area contributed by atoms with Crippen LogP contribution >= 0.6 is 0 Å². The van der Waals surface area contributed by atoms with Gasteiger partial charge in [0.05, 0.1) is 19.9 Å². The molecule has 1 aliphatic rings. The molecule has 1 aromatic heterocycles. The predicted octanol–water partition coefficient (Wildman–Crippen LogP) is 4.24. The van der Waals surface area contributed by atoms with Crippen molar-refractivity contribution in [1.82, 2.24) is 4.98 Å². The molecule has 0 saturated heterocycles. The molecule has 25 heavy (non-hydrogen) atoms. The Kier molecular flexibility index (Phi) is 3.80. The van der Waals surface area contributed by atoms with E-state index in [9.17, 15) is 4.79 Å². The molecular formula is C21H19NO3. The summed E-state index contributed by atoms with van der Waals surface area (Å²) in [4.78, 5) is 15.7. The average Bonchev–Trinajstić information content (AvgIpc) is 3.07. The number of benzene rings is 2. The minimum absolute atomic E-state index is 0.349. The highest BCUT2D eigenvalue weighted by Gasteiger charge is 2.27. The van der Waals surface area contributed by atoms with Gasteiger partial charge in [-0.05, 0) is 41.7 Å². The lowest BCUT2D eigenvalue weighted by Crippen LogP contribution is -2.04. The molecule has 2 aromatic carbocycles. The Labute approximate surface area is 146 Å². The zero-order valence-corrected chi connectivity index (χ0v) is 14.3. The molecule has 4 rings (SSSR count). The SMILES string of the molecule is COC(=O)c1[nH]c2c(c1-c1ccc(OC)cc1)CCc1ccccc1-2. The van der Waals surface area contributed by atoms with E-state index in [0.717, 1.165) is 41.0 Å². The Morgan fingerprint density at radius 1 is 1.00 bits per heavy atom. The van der Waals surface area contributed by atoms with Crippen molar-refractivity contribution in [3.05, 3.63) is 65.4 Å². The van der Waals surface area contributed by atoms with Gasteiger partial charge in [-0.25, -0.2) is 4.79 Å². The van der Waals surface area contributed by atoms with E-state index in [0.29, 0.717) is 5.69 Å². The van der Waals surface area contributed by atoms with Crippen LogP contribution in [0.4, 0.5) is 0 Å². The summed E-state index contributed by atoms with van der Waals surface area (Å²) in [5.41, 5.74) is 7.08. The number of aromatic amines is 1. The van der Waals surface area contributed by atoms with Gasteiger partial charge in [0.2, 0.25) is 0 Å². The number of esters is 1.